The summed E-state index contributed by atoms with van der Waals surface area (Å²) >= 11 is 6.22. The molecular formula is C17H25Cl2N. The van der Waals surface area contributed by atoms with Gasteiger partial charge in [0.05, 0.1) is 0 Å². The summed E-state index contributed by atoms with van der Waals surface area (Å²) < 4.78 is 0. The molecule has 0 heterocycles. The van der Waals surface area contributed by atoms with E-state index in [0.29, 0.717) is 0 Å². The summed E-state index contributed by atoms with van der Waals surface area (Å²) in [6.45, 7) is 1.25. The highest BCUT2D eigenvalue weighted by molar-refractivity contribution is 6.30. The molecule has 0 aromatic heterocycles. The maximum Gasteiger partial charge on any atom is 0.0409 e. The van der Waals surface area contributed by atoms with Crippen LogP contribution in [0.2, 0.25) is 5.02 Å². The highest BCUT2D eigenvalue weighted by Crippen LogP contribution is 2.48. The summed E-state index contributed by atoms with van der Waals surface area (Å²) in [4.78, 5) is 2.36. The van der Waals surface area contributed by atoms with E-state index in [1.807, 2.05) is 0 Å². The molecule has 1 aromatic rings. The molecule has 2 aliphatic carbocycles. The Hall–Kier alpha value is -0.240. The van der Waals surface area contributed by atoms with Gasteiger partial charge >= 0.3 is 0 Å². The topological polar surface area (TPSA) is 3.24 Å². The molecule has 1 fully saturated rings. The van der Waals surface area contributed by atoms with Gasteiger partial charge in [0.2, 0.25) is 0 Å². The summed E-state index contributed by atoms with van der Waals surface area (Å²) in [5.41, 5.74) is 3.11. The Balaban J connectivity index is 0.00000147. The van der Waals surface area contributed by atoms with Crippen molar-refractivity contribution in [2.24, 2.45) is 11.8 Å². The van der Waals surface area contributed by atoms with Gasteiger partial charge in [0.1, 0.15) is 0 Å². The van der Waals surface area contributed by atoms with Crippen LogP contribution in [0.5, 0.6) is 0 Å². The Bertz CT molecular complexity index is 458. The third-order valence-electron chi connectivity index (χ3n) is 5.07. The normalized spacial score (nSPS) is 28.5. The van der Waals surface area contributed by atoms with E-state index in [1.54, 1.807) is 11.1 Å². The van der Waals surface area contributed by atoms with Crippen molar-refractivity contribution < 1.29 is 0 Å². The first-order chi connectivity index (χ1) is 9.15. The fraction of sp³-hybridized carbons (Fsp3) is 0.647. The maximum atomic E-state index is 6.22. The Morgan fingerprint density at radius 2 is 2.00 bits per heavy atom. The average Bonchev–Trinajstić information content (AvgIpc) is 2.38. The first-order valence-corrected chi connectivity index (χ1v) is 7.96. The highest BCUT2D eigenvalue weighted by Gasteiger charge is 2.37. The van der Waals surface area contributed by atoms with Crippen LogP contribution in [0.3, 0.4) is 0 Å². The molecule has 0 N–H and O–H groups in total. The lowest BCUT2D eigenvalue weighted by atomic mass is 9.63. The van der Waals surface area contributed by atoms with Crippen LogP contribution >= 0.6 is 24.0 Å². The Morgan fingerprint density at radius 3 is 2.75 bits per heavy atom. The molecule has 0 amide bonds. The smallest absolute Gasteiger partial charge is 0.0409 e. The van der Waals surface area contributed by atoms with Gasteiger partial charge in [0.25, 0.3) is 0 Å². The minimum absolute atomic E-state index is 0. The summed E-state index contributed by atoms with van der Waals surface area (Å²) in [6, 6.07) is 6.55. The van der Waals surface area contributed by atoms with Crippen LogP contribution in [0.1, 0.15) is 42.7 Å². The zero-order valence-corrected chi connectivity index (χ0v) is 14.0. The number of fused-ring (bicyclic) bond motifs is 3. The van der Waals surface area contributed by atoms with Gasteiger partial charge in [0, 0.05) is 11.6 Å². The third-order valence-corrected chi connectivity index (χ3v) is 5.30. The third kappa shape index (κ3) is 3.16. The van der Waals surface area contributed by atoms with Gasteiger partial charge in [-0.25, -0.2) is 0 Å². The number of aryl methyl sites for hydroxylation is 1. The van der Waals surface area contributed by atoms with Crippen molar-refractivity contribution in [3.8, 4) is 0 Å². The van der Waals surface area contributed by atoms with Crippen molar-refractivity contribution >= 4 is 24.0 Å². The Morgan fingerprint density at radius 1 is 1.20 bits per heavy atom. The second-order valence-corrected chi connectivity index (χ2v) is 7.04. The van der Waals surface area contributed by atoms with Gasteiger partial charge in [-0.2, -0.15) is 0 Å². The Kier molecular flexibility index (Phi) is 5.39. The highest BCUT2D eigenvalue weighted by atomic mass is 35.5. The Labute approximate surface area is 134 Å². The predicted molar refractivity (Wildman–Crippen MR) is 89.1 cm³/mol. The zero-order valence-electron chi connectivity index (χ0n) is 12.4. The lowest BCUT2D eigenvalue weighted by Gasteiger charge is -2.43. The van der Waals surface area contributed by atoms with E-state index in [-0.39, 0.29) is 12.4 Å². The van der Waals surface area contributed by atoms with Crippen LogP contribution < -0.4 is 0 Å². The lowest BCUT2D eigenvalue weighted by molar-refractivity contribution is 0.146. The largest absolute Gasteiger partial charge is 0.309 e. The van der Waals surface area contributed by atoms with Gasteiger partial charge in [-0.15, -0.1) is 12.4 Å². The number of rotatable bonds is 2. The zero-order chi connectivity index (χ0) is 13.4. The van der Waals surface area contributed by atoms with Crippen LogP contribution in [0.25, 0.3) is 0 Å². The van der Waals surface area contributed by atoms with Gasteiger partial charge in [-0.05, 0) is 80.8 Å². The first kappa shape index (κ1) is 16.1. The van der Waals surface area contributed by atoms with E-state index in [4.69, 9.17) is 11.6 Å². The molecule has 1 nitrogen and oxygen atoms in total. The van der Waals surface area contributed by atoms with E-state index in [2.05, 4.69) is 37.2 Å². The van der Waals surface area contributed by atoms with Crippen molar-refractivity contribution in [3.05, 3.63) is 34.3 Å². The van der Waals surface area contributed by atoms with Crippen LogP contribution in [0, 0.1) is 11.8 Å². The molecule has 0 spiro atoms. The van der Waals surface area contributed by atoms with E-state index in [1.165, 1.54) is 38.6 Å². The second-order valence-electron chi connectivity index (χ2n) is 6.61. The van der Waals surface area contributed by atoms with E-state index >= 15 is 0 Å². The molecule has 1 aromatic carbocycles. The van der Waals surface area contributed by atoms with Crippen LogP contribution in [-0.4, -0.2) is 25.5 Å². The molecule has 3 heteroatoms. The minimum Gasteiger partial charge on any atom is -0.309 e. The lowest BCUT2D eigenvalue weighted by Crippen LogP contribution is -2.36. The molecule has 0 bridgehead atoms. The van der Waals surface area contributed by atoms with E-state index in [0.717, 1.165) is 22.8 Å². The monoisotopic (exact) mass is 313 g/mol. The number of hydrogen-bond donors (Lipinski definition) is 0. The fourth-order valence-electron chi connectivity index (χ4n) is 4.34. The molecule has 3 atom stereocenters. The number of benzene rings is 1. The molecule has 112 valence electrons. The molecule has 2 aliphatic rings. The van der Waals surface area contributed by atoms with Gasteiger partial charge < -0.3 is 4.90 Å². The second kappa shape index (κ2) is 6.68. The summed E-state index contributed by atoms with van der Waals surface area (Å²) in [7, 11) is 4.41. The summed E-state index contributed by atoms with van der Waals surface area (Å²) in [5.74, 6) is 2.52. The molecule has 1 saturated carbocycles. The predicted octanol–water partition coefficient (Wildman–Crippen LogP) is 4.77. The average molecular weight is 314 g/mol. The summed E-state index contributed by atoms with van der Waals surface area (Å²) in [5, 5.41) is 0.911. The number of halogens is 2. The minimum atomic E-state index is 0. The SMILES string of the molecule is CN(C)CC1CCCC2c3cc(Cl)ccc3CCC12.Cl. The molecule has 20 heavy (non-hydrogen) atoms. The van der Waals surface area contributed by atoms with Crippen molar-refractivity contribution in [2.75, 3.05) is 20.6 Å². The van der Waals surface area contributed by atoms with Crippen LogP contribution in [-0.2, 0) is 6.42 Å². The molecule has 3 rings (SSSR count). The van der Waals surface area contributed by atoms with E-state index < -0.39 is 0 Å². The fourth-order valence-corrected chi connectivity index (χ4v) is 4.52. The molecule has 0 saturated heterocycles. The maximum absolute atomic E-state index is 6.22. The van der Waals surface area contributed by atoms with Crippen molar-refractivity contribution in [1.82, 2.24) is 4.90 Å². The van der Waals surface area contributed by atoms with Crippen LogP contribution in [0.15, 0.2) is 18.2 Å². The number of nitrogens with zero attached hydrogens (tertiary/aromatic N) is 1. The van der Waals surface area contributed by atoms with Crippen molar-refractivity contribution in [1.29, 1.82) is 0 Å². The number of hydrogen-bond acceptors (Lipinski definition) is 1. The van der Waals surface area contributed by atoms with Gasteiger partial charge in [-0.1, -0.05) is 24.1 Å². The molecular weight excluding hydrogens is 289 g/mol. The van der Waals surface area contributed by atoms with Crippen molar-refractivity contribution in [3.63, 3.8) is 0 Å². The van der Waals surface area contributed by atoms with Gasteiger partial charge in [-0.3, -0.25) is 0 Å². The standard InChI is InChI=1S/C17H24ClN.ClH/c1-19(2)11-13-4-3-5-16-15(13)9-7-12-6-8-14(18)10-17(12)16;/h6,8,10,13,15-16H,3-5,7,9,11H2,1-2H3;1H. The molecule has 0 radical (unpaired) electrons. The quantitative estimate of drug-likeness (QED) is 0.760. The molecule has 0 aliphatic heterocycles. The first-order valence-electron chi connectivity index (χ1n) is 7.58. The van der Waals surface area contributed by atoms with Crippen molar-refractivity contribution in [2.45, 2.75) is 38.0 Å². The van der Waals surface area contributed by atoms with Gasteiger partial charge in [0.15, 0.2) is 0 Å². The van der Waals surface area contributed by atoms with Crippen LogP contribution in [0.4, 0.5) is 0 Å². The summed E-state index contributed by atoms with van der Waals surface area (Å²) in [6.07, 6.45) is 6.78. The molecule has 3 unspecified atom stereocenters. The van der Waals surface area contributed by atoms with E-state index in [9.17, 15) is 0 Å².